The van der Waals surface area contributed by atoms with Crippen molar-refractivity contribution in [2.75, 3.05) is 0 Å². The van der Waals surface area contributed by atoms with E-state index in [4.69, 9.17) is 6.42 Å². The van der Waals surface area contributed by atoms with Crippen molar-refractivity contribution in [2.24, 2.45) is 0 Å². The lowest BCUT2D eigenvalue weighted by Gasteiger charge is -1.81. The number of rotatable bonds is 0. The molecule has 2 aromatic rings. The minimum Gasteiger partial charge on any atom is -0.233 e. The van der Waals surface area contributed by atoms with Gasteiger partial charge in [-0.05, 0) is 31.6 Å². The third kappa shape index (κ3) is 2.30. The quantitative estimate of drug-likeness (QED) is 0.666. The highest BCUT2D eigenvalue weighted by atomic mass is 32.1. The van der Waals surface area contributed by atoms with Crippen LogP contribution in [0.1, 0.15) is 26.3 Å². The molecule has 0 saturated heterocycles. The fourth-order valence-electron chi connectivity index (χ4n) is 1.10. The molecular weight excluding hydrogens is 236 g/mol. The van der Waals surface area contributed by atoms with Crippen LogP contribution in [0.2, 0.25) is 0 Å². The molecule has 2 rings (SSSR count). The standard InChI is InChI=1S/C12H8N2S2/c1-4-11-14-10(9(3)16-11)5-6-12-13-8(2)7-15-12/h1,7H,2-3H3. The van der Waals surface area contributed by atoms with E-state index in [0.29, 0.717) is 5.01 Å². The maximum Gasteiger partial charge on any atom is 0.168 e. The Morgan fingerprint density at radius 2 is 2.00 bits per heavy atom. The highest BCUT2D eigenvalue weighted by molar-refractivity contribution is 7.12. The number of hydrogen-bond acceptors (Lipinski definition) is 4. The van der Waals surface area contributed by atoms with Crippen LogP contribution in [0.5, 0.6) is 0 Å². The van der Waals surface area contributed by atoms with Crippen LogP contribution in [0.15, 0.2) is 5.38 Å². The zero-order chi connectivity index (χ0) is 11.5. The maximum atomic E-state index is 5.28. The Balaban J connectivity index is 2.31. The fraction of sp³-hybridized carbons (Fsp3) is 0.167. The van der Waals surface area contributed by atoms with Crippen LogP contribution in [0.3, 0.4) is 0 Å². The third-order valence-corrected chi connectivity index (χ3v) is 3.60. The monoisotopic (exact) mass is 244 g/mol. The fourth-order valence-corrected chi connectivity index (χ4v) is 2.42. The largest absolute Gasteiger partial charge is 0.233 e. The van der Waals surface area contributed by atoms with Crippen molar-refractivity contribution >= 4 is 22.7 Å². The second kappa shape index (κ2) is 4.49. The van der Waals surface area contributed by atoms with Gasteiger partial charge in [0, 0.05) is 16.0 Å². The summed E-state index contributed by atoms with van der Waals surface area (Å²) in [7, 11) is 0. The van der Waals surface area contributed by atoms with E-state index in [-0.39, 0.29) is 0 Å². The molecule has 78 valence electrons. The first kappa shape index (κ1) is 10.9. The summed E-state index contributed by atoms with van der Waals surface area (Å²) in [5, 5.41) is 3.47. The number of thiazole rings is 2. The Morgan fingerprint density at radius 1 is 1.19 bits per heavy atom. The van der Waals surface area contributed by atoms with E-state index < -0.39 is 0 Å². The van der Waals surface area contributed by atoms with Gasteiger partial charge < -0.3 is 0 Å². The van der Waals surface area contributed by atoms with E-state index in [9.17, 15) is 0 Å². The van der Waals surface area contributed by atoms with Crippen LogP contribution < -0.4 is 0 Å². The van der Waals surface area contributed by atoms with Gasteiger partial charge in [0.25, 0.3) is 0 Å². The zero-order valence-corrected chi connectivity index (χ0v) is 10.5. The van der Waals surface area contributed by atoms with Crippen LogP contribution in [-0.2, 0) is 0 Å². The first-order chi connectivity index (χ1) is 7.69. The number of nitrogens with zero attached hydrogens (tertiary/aromatic N) is 2. The number of hydrogen-bond donors (Lipinski definition) is 0. The van der Waals surface area contributed by atoms with Gasteiger partial charge in [0.1, 0.15) is 5.69 Å². The summed E-state index contributed by atoms with van der Waals surface area (Å²) in [5.74, 6) is 8.51. The average molecular weight is 244 g/mol. The molecule has 0 saturated carbocycles. The summed E-state index contributed by atoms with van der Waals surface area (Å²) in [6, 6.07) is 0. The molecule has 0 aliphatic heterocycles. The molecule has 0 aliphatic rings. The summed E-state index contributed by atoms with van der Waals surface area (Å²) < 4.78 is 0. The minimum absolute atomic E-state index is 0.678. The molecule has 0 bridgehead atoms. The SMILES string of the molecule is C#Cc1nc(C#Cc2nc(C)cs2)c(C)s1. The molecule has 4 heteroatoms. The van der Waals surface area contributed by atoms with Gasteiger partial charge in [-0.25, -0.2) is 9.97 Å². The highest BCUT2D eigenvalue weighted by Gasteiger charge is 2.02. The Hall–Kier alpha value is -1.62. The second-order valence-electron chi connectivity index (χ2n) is 3.11. The Labute approximate surface area is 102 Å². The summed E-state index contributed by atoms with van der Waals surface area (Å²) in [6.45, 7) is 3.92. The van der Waals surface area contributed by atoms with Crippen LogP contribution in [0.4, 0.5) is 0 Å². The maximum absolute atomic E-state index is 5.28. The molecule has 0 unspecified atom stereocenters. The summed E-state index contributed by atoms with van der Waals surface area (Å²) in [5.41, 5.74) is 1.75. The molecule has 0 aliphatic carbocycles. The average Bonchev–Trinajstić information content (AvgIpc) is 2.82. The zero-order valence-electron chi connectivity index (χ0n) is 8.87. The Kier molecular flexibility index (Phi) is 3.05. The van der Waals surface area contributed by atoms with Gasteiger partial charge >= 0.3 is 0 Å². The van der Waals surface area contributed by atoms with Gasteiger partial charge in [0.15, 0.2) is 10.0 Å². The van der Waals surface area contributed by atoms with Gasteiger partial charge in [-0.1, -0.05) is 0 Å². The van der Waals surface area contributed by atoms with Crippen molar-refractivity contribution in [1.29, 1.82) is 0 Å². The minimum atomic E-state index is 0.678. The third-order valence-electron chi connectivity index (χ3n) is 1.83. The molecule has 2 aromatic heterocycles. The lowest BCUT2D eigenvalue weighted by Crippen LogP contribution is -1.79. The van der Waals surface area contributed by atoms with Crippen molar-refractivity contribution in [3.05, 3.63) is 31.7 Å². The first-order valence-electron chi connectivity index (χ1n) is 4.57. The number of aryl methyl sites for hydroxylation is 2. The smallest absolute Gasteiger partial charge is 0.168 e. The van der Waals surface area contributed by atoms with Crippen LogP contribution >= 0.6 is 22.7 Å². The lowest BCUT2D eigenvalue weighted by atomic mass is 10.4. The van der Waals surface area contributed by atoms with E-state index in [0.717, 1.165) is 21.3 Å². The van der Waals surface area contributed by atoms with Crippen molar-refractivity contribution in [3.63, 3.8) is 0 Å². The molecular formula is C12H8N2S2. The van der Waals surface area contributed by atoms with Gasteiger partial charge in [-0.2, -0.15) is 0 Å². The van der Waals surface area contributed by atoms with E-state index >= 15 is 0 Å². The predicted octanol–water partition coefficient (Wildman–Crippen LogP) is 2.60. The van der Waals surface area contributed by atoms with Gasteiger partial charge in [0.2, 0.25) is 0 Å². The molecule has 0 spiro atoms. The van der Waals surface area contributed by atoms with E-state index in [1.807, 2.05) is 19.2 Å². The van der Waals surface area contributed by atoms with Gasteiger partial charge in [0.05, 0.1) is 0 Å². The summed E-state index contributed by atoms with van der Waals surface area (Å²) in [4.78, 5) is 9.55. The van der Waals surface area contributed by atoms with E-state index in [2.05, 4.69) is 27.7 Å². The molecule has 16 heavy (non-hydrogen) atoms. The normalized spacial score (nSPS) is 9.31. The molecule has 2 heterocycles. The summed E-state index contributed by atoms with van der Waals surface area (Å²) in [6.07, 6.45) is 5.28. The van der Waals surface area contributed by atoms with Crippen molar-refractivity contribution in [1.82, 2.24) is 9.97 Å². The molecule has 2 nitrogen and oxygen atoms in total. The Bertz CT molecular complexity index is 617. The van der Waals surface area contributed by atoms with Crippen molar-refractivity contribution in [3.8, 4) is 24.2 Å². The molecule has 0 atom stereocenters. The van der Waals surface area contributed by atoms with Crippen molar-refractivity contribution < 1.29 is 0 Å². The first-order valence-corrected chi connectivity index (χ1v) is 6.27. The van der Waals surface area contributed by atoms with E-state index in [1.54, 1.807) is 0 Å². The van der Waals surface area contributed by atoms with Crippen LogP contribution in [0, 0.1) is 38.0 Å². The van der Waals surface area contributed by atoms with Crippen LogP contribution in [0.25, 0.3) is 0 Å². The lowest BCUT2D eigenvalue weighted by molar-refractivity contribution is 1.25. The molecule has 0 fully saturated rings. The van der Waals surface area contributed by atoms with Crippen molar-refractivity contribution in [2.45, 2.75) is 13.8 Å². The number of terminal acetylenes is 1. The van der Waals surface area contributed by atoms with Crippen LogP contribution in [-0.4, -0.2) is 9.97 Å². The highest BCUT2D eigenvalue weighted by Crippen LogP contribution is 2.15. The van der Waals surface area contributed by atoms with Gasteiger partial charge in [-0.3, -0.25) is 0 Å². The molecule has 0 amide bonds. The molecule has 0 radical (unpaired) electrons. The molecule has 0 N–H and O–H groups in total. The van der Waals surface area contributed by atoms with Gasteiger partial charge in [-0.15, -0.1) is 29.1 Å². The van der Waals surface area contributed by atoms with E-state index in [1.165, 1.54) is 22.7 Å². The topological polar surface area (TPSA) is 25.8 Å². The number of aromatic nitrogens is 2. The summed E-state index contributed by atoms with van der Waals surface area (Å²) >= 11 is 3.03. The molecule has 0 aromatic carbocycles. The second-order valence-corrected chi connectivity index (χ2v) is 5.17. The predicted molar refractivity (Wildman–Crippen MR) is 67.6 cm³/mol. The Morgan fingerprint density at radius 3 is 2.56 bits per heavy atom.